The molecule has 1 unspecified atom stereocenters. The fourth-order valence-electron chi connectivity index (χ4n) is 1.62. The summed E-state index contributed by atoms with van der Waals surface area (Å²) in [7, 11) is 0. The van der Waals surface area contributed by atoms with Gasteiger partial charge in [-0.1, -0.05) is 45.2 Å². The first kappa shape index (κ1) is 16.1. The first-order chi connectivity index (χ1) is 9.20. The number of hydrogen-bond acceptors (Lipinski definition) is 1. The van der Waals surface area contributed by atoms with Crippen LogP contribution in [-0.4, -0.2) is 0 Å². The summed E-state index contributed by atoms with van der Waals surface area (Å²) in [6.45, 7) is 0. The van der Waals surface area contributed by atoms with E-state index in [4.69, 9.17) is 23.2 Å². The second kappa shape index (κ2) is 5.83. The zero-order valence-corrected chi connectivity index (χ0v) is 13.4. The highest BCUT2D eigenvalue weighted by atomic mass is 79.9. The third-order valence-corrected chi connectivity index (χ3v) is 5.08. The molecule has 1 atom stereocenters. The number of halogens is 7. The maximum atomic E-state index is 13.2. The van der Waals surface area contributed by atoms with Gasteiger partial charge in [-0.3, -0.25) is 0 Å². The molecule has 0 saturated carbocycles. The van der Waals surface area contributed by atoms with Crippen LogP contribution >= 0.6 is 50.5 Å². The van der Waals surface area contributed by atoms with Crippen LogP contribution in [0.2, 0.25) is 8.67 Å². The summed E-state index contributed by atoms with van der Waals surface area (Å²) in [5.41, 5.74) is -0.520. The van der Waals surface area contributed by atoms with Crippen LogP contribution in [0.15, 0.2) is 24.3 Å². The molecule has 0 N–H and O–H groups in total. The van der Waals surface area contributed by atoms with Gasteiger partial charge < -0.3 is 0 Å². The quantitative estimate of drug-likeness (QED) is 0.384. The molecule has 2 aromatic rings. The van der Waals surface area contributed by atoms with Gasteiger partial charge in [0.15, 0.2) is 0 Å². The molecule has 0 radical (unpaired) electrons. The highest BCUT2D eigenvalue weighted by Gasteiger charge is 2.34. The zero-order chi connectivity index (χ0) is 15.1. The lowest BCUT2D eigenvalue weighted by Gasteiger charge is -2.13. The monoisotopic (exact) mass is 406 g/mol. The van der Waals surface area contributed by atoms with Gasteiger partial charge in [-0.25, -0.2) is 4.39 Å². The van der Waals surface area contributed by atoms with Crippen molar-refractivity contribution >= 4 is 50.5 Å². The summed E-state index contributed by atoms with van der Waals surface area (Å²) < 4.78 is 52.1. The van der Waals surface area contributed by atoms with E-state index >= 15 is 0 Å². The van der Waals surface area contributed by atoms with Gasteiger partial charge in [-0.05, 0) is 23.8 Å². The lowest BCUT2D eigenvalue weighted by molar-refractivity contribution is -0.140. The molecule has 0 fully saturated rings. The second-order valence-corrected chi connectivity index (χ2v) is 7.08. The number of benzene rings is 1. The molecule has 1 aromatic heterocycles. The Morgan fingerprint density at radius 2 is 1.80 bits per heavy atom. The molecule has 0 spiro atoms. The van der Waals surface area contributed by atoms with Gasteiger partial charge in [0.2, 0.25) is 0 Å². The topological polar surface area (TPSA) is 0 Å². The fraction of sp³-hybridized carbons (Fsp3) is 0.167. The van der Waals surface area contributed by atoms with Crippen LogP contribution in [0.3, 0.4) is 0 Å². The van der Waals surface area contributed by atoms with E-state index in [0.29, 0.717) is 14.2 Å². The van der Waals surface area contributed by atoms with Gasteiger partial charge in [0.1, 0.15) is 5.82 Å². The SMILES string of the molecule is Fc1ccc(C(Br)c2cc(Cl)sc2Cl)cc1C(F)(F)F. The minimum atomic E-state index is -4.75. The number of thiophene rings is 1. The molecule has 0 aliphatic carbocycles. The lowest BCUT2D eigenvalue weighted by Crippen LogP contribution is -2.09. The van der Waals surface area contributed by atoms with Crippen LogP contribution in [0, 0.1) is 5.82 Å². The summed E-state index contributed by atoms with van der Waals surface area (Å²) in [5, 5.41) is 0. The smallest absolute Gasteiger partial charge is 0.206 e. The van der Waals surface area contributed by atoms with Crippen molar-refractivity contribution in [2.45, 2.75) is 11.0 Å². The van der Waals surface area contributed by atoms with Crippen molar-refractivity contribution in [1.29, 1.82) is 0 Å². The molecule has 20 heavy (non-hydrogen) atoms. The maximum absolute atomic E-state index is 13.2. The predicted molar refractivity (Wildman–Crippen MR) is 76.5 cm³/mol. The largest absolute Gasteiger partial charge is 0.419 e. The third-order valence-electron chi connectivity index (χ3n) is 2.54. The van der Waals surface area contributed by atoms with Crippen molar-refractivity contribution in [3.05, 3.63) is 55.4 Å². The van der Waals surface area contributed by atoms with Crippen molar-refractivity contribution in [2.75, 3.05) is 0 Å². The first-order valence-electron chi connectivity index (χ1n) is 5.15. The van der Waals surface area contributed by atoms with E-state index in [-0.39, 0.29) is 5.56 Å². The van der Waals surface area contributed by atoms with E-state index in [0.717, 1.165) is 23.5 Å². The highest BCUT2D eigenvalue weighted by Crippen LogP contribution is 2.43. The summed E-state index contributed by atoms with van der Waals surface area (Å²) >= 11 is 16.1. The summed E-state index contributed by atoms with van der Waals surface area (Å²) in [6, 6.07) is 4.38. The van der Waals surface area contributed by atoms with Crippen molar-refractivity contribution in [1.82, 2.24) is 0 Å². The van der Waals surface area contributed by atoms with Crippen LogP contribution in [0.25, 0.3) is 0 Å². The Hall–Kier alpha value is -0.300. The lowest BCUT2D eigenvalue weighted by atomic mass is 10.0. The Bertz CT molecular complexity index is 639. The minimum Gasteiger partial charge on any atom is -0.206 e. The Balaban J connectivity index is 2.46. The van der Waals surface area contributed by atoms with Crippen LogP contribution < -0.4 is 0 Å². The zero-order valence-electron chi connectivity index (χ0n) is 9.44. The molecular weight excluding hydrogens is 403 g/mol. The molecule has 1 aromatic carbocycles. The average Bonchev–Trinajstić information content (AvgIpc) is 2.66. The van der Waals surface area contributed by atoms with Crippen molar-refractivity contribution in [2.24, 2.45) is 0 Å². The van der Waals surface area contributed by atoms with E-state index in [1.54, 1.807) is 6.07 Å². The molecule has 0 bridgehead atoms. The number of alkyl halides is 4. The van der Waals surface area contributed by atoms with Gasteiger partial charge in [0, 0.05) is 5.56 Å². The average molecular weight is 408 g/mol. The summed E-state index contributed by atoms with van der Waals surface area (Å²) in [5.74, 6) is -1.31. The molecule has 1 heterocycles. The Morgan fingerprint density at radius 1 is 1.15 bits per heavy atom. The molecule has 108 valence electrons. The molecule has 0 saturated heterocycles. The molecular formula is C12H5BrCl2F4S. The molecule has 0 aliphatic rings. The highest BCUT2D eigenvalue weighted by molar-refractivity contribution is 9.09. The van der Waals surface area contributed by atoms with E-state index in [9.17, 15) is 17.6 Å². The molecule has 0 nitrogen and oxygen atoms in total. The summed E-state index contributed by atoms with van der Waals surface area (Å²) in [4.78, 5) is -0.597. The Kier molecular flexibility index (Phi) is 4.69. The molecule has 0 aliphatic heterocycles. The standard InChI is InChI=1S/C12H5BrCl2F4S/c13-10(6-4-9(14)20-11(6)15)5-1-2-8(16)7(3-5)12(17,18)19/h1-4,10H. The second-order valence-electron chi connectivity index (χ2n) is 3.88. The van der Waals surface area contributed by atoms with E-state index in [2.05, 4.69) is 15.9 Å². The van der Waals surface area contributed by atoms with E-state index in [1.807, 2.05) is 0 Å². The third kappa shape index (κ3) is 3.30. The predicted octanol–water partition coefficient (Wildman–Crippen LogP) is 6.70. The van der Waals surface area contributed by atoms with Crippen LogP contribution in [-0.2, 0) is 6.18 Å². The molecule has 8 heteroatoms. The number of rotatable bonds is 2. The molecule has 2 rings (SSSR count). The van der Waals surface area contributed by atoms with Crippen LogP contribution in [0.4, 0.5) is 17.6 Å². The maximum Gasteiger partial charge on any atom is 0.419 e. The Morgan fingerprint density at radius 3 is 2.30 bits per heavy atom. The van der Waals surface area contributed by atoms with Crippen molar-refractivity contribution in [3.63, 3.8) is 0 Å². The minimum absolute atomic E-state index is 0.245. The molecule has 0 amide bonds. The van der Waals surface area contributed by atoms with Crippen molar-refractivity contribution in [3.8, 4) is 0 Å². The van der Waals surface area contributed by atoms with Gasteiger partial charge in [0.25, 0.3) is 0 Å². The fourth-order valence-corrected chi connectivity index (χ4v) is 4.08. The van der Waals surface area contributed by atoms with E-state index < -0.39 is 22.4 Å². The van der Waals surface area contributed by atoms with E-state index in [1.165, 1.54) is 6.07 Å². The Labute approximate surface area is 134 Å². The van der Waals surface area contributed by atoms with Gasteiger partial charge in [-0.2, -0.15) is 13.2 Å². The number of hydrogen-bond donors (Lipinski definition) is 0. The van der Waals surface area contributed by atoms with Crippen molar-refractivity contribution < 1.29 is 17.6 Å². The van der Waals surface area contributed by atoms with Crippen LogP contribution in [0.5, 0.6) is 0 Å². The normalized spacial score (nSPS) is 13.6. The van der Waals surface area contributed by atoms with Gasteiger partial charge in [-0.15, -0.1) is 11.3 Å². The van der Waals surface area contributed by atoms with Crippen LogP contribution in [0.1, 0.15) is 21.5 Å². The first-order valence-corrected chi connectivity index (χ1v) is 7.64. The van der Waals surface area contributed by atoms with Gasteiger partial charge in [0.05, 0.1) is 19.1 Å². The van der Waals surface area contributed by atoms with Gasteiger partial charge >= 0.3 is 6.18 Å². The summed E-state index contributed by atoms with van der Waals surface area (Å²) in [6.07, 6.45) is -4.75.